The lowest BCUT2D eigenvalue weighted by atomic mass is 10.1. The molecule has 1 aromatic rings. The van der Waals surface area contributed by atoms with E-state index in [4.69, 9.17) is 4.74 Å². The van der Waals surface area contributed by atoms with Gasteiger partial charge in [0.2, 0.25) is 0 Å². The van der Waals surface area contributed by atoms with E-state index in [1.807, 2.05) is 6.08 Å². The highest BCUT2D eigenvalue weighted by atomic mass is 16.5. The lowest BCUT2D eigenvalue weighted by Crippen LogP contribution is -1.93. The van der Waals surface area contributed by atoms with Crippen LogP contribution in [0, 0.1) is 0 Å². The normalized spacial score (nSPS) is 9.29. The van der Waals surface area contributed by atoms with E-state index in [0.29, 0.717) is 5.56 Å². The van der Waals surface area contributed by atoms with Crippen LogP contribution >= 0.6 is 0 Å². The van der Waals surface area contributed by atoms with Crippen LogP contribution in [0.3, 0.4) is 0 Å². The monoisotopic (exact) mass is 230 g/mol. The van der Waals surface area contributed by atoms with Crippen molar-refractivity contribution in [2.24, 2.45) is 0 Å². The number of hydrogen-bond donors (Lipinski definition) is 0. The largest absolute Gasteiger partial charge is 0.497 e. The second-order valence-electron chi connectivity index (χ2n) is 3.75. The molecule has 0 saturated carbocycles. The second kappa shape index (κ2) is 7.48. The molecule has 1 aromatic carbocycles. The molecule has 0 heterocycles. The average Bonchev–Trinajstić information content (AvgIpc) is 2.38. The molecular formula is C15H18O2. The number of allylic oxidation sites excluding steroid dienone is 1. The van der Waals surface area contributed by atoms with Gasteiger partial charge in [-0.15, -0.1) is 5.73 Å². The molecular weight excluding hydrogens is 212 g/mol. The molecule has 2 nitrogen and oxygen atoms in total. The van der Waals surface area contributed by atoms with E-state index in [1.54, 1.807) is 31.4 Å². The fourth-order valence-electron chi connectivity index (χ4n) is 1.36. The van der Waals surface area contributed by atoms with Gasteiger partial charge in [-0.05, 0) is 43.2 Å². The first kappa shape index (κ1) is 13.3. The van der Waals surface area contributed by atoms with Crippen molar-refractivity contribution < 1.29 is 9.53 Å². The summed E-state index contributed by atoms with van der Waals surface area (Å²) in [6, 6.07) is 7.07. The van der Waals surface area contributed by atoms with Gasteiger partial charge in [0.05, 0.1) is 7.11 Å². The number of hydrogen-bond acceptors (Lipinski definition) is 2. The molecule has 0 aliphatic carbocycles. The Labute approximate surface area is 103 Å². The van der Waals surface area contributed by atoms with E-state index < -0.39 is 0 Å². The average molecular weight is 230 g/mol. The summed E-state index contributed by atoms with van der Waals surface area (Å²) in [6.07, 6.45) is 6.66. The van der Waals surface area contributed by atoms with Crippen LogP contribution in [0.15, 0.2) is 42.1 Å². The third-order valence-corrected chi connectivity index (χ3v) is 2.41. The maximum absolute atomic E-state index is 11.7. The molecule has 2 heteroatoms. The van der Waals surface area contributed by atoms with Crippen molar-refractivity contribution >= 4 is 5.78 Å². The van der Waals surface area contributed by atoms with Gasteiger partial charge in [-0.1, -0.05) is 13.3 Å². The minimum atomic E-state index is -0.0274. The molecule has 0 bridgehead atoms. The molecule has 17 heavy (non-hydrogen) atoms. The highest BCUT2D eigenvalue weighted by molar-refractivity contribution is 6.04. The minimum Gasteiger partial charge on any atom is -0.497 e. The van der Waals surface area contributed by atoms with Crippen LogP contribution in [-0.2, 0) is 0 Å². The van der Waals surface area contributed by atoms with Crippen LogP contribution in [0.5, 0.6) is 5.75 Å². The van der Waals surface area contributed by atoms with Crippen molar-refractivity contribution in [2.75, 3.05) is 7.11 Å². The predicted molar refractivity (Wildman–Crippen MR) is 69.5 cm³/mol. The van der Waals surface area contributed by atoms with Gasteiger partial charge in [0, 0.05) is 11.6 Å². The Morgan fingerprint density at radius 3 is 2.65 bits per heavy atom. The first-order valence-corrected chi connectivity index (χ1v) is 5.87. The molecule has 0 spiro atoms. The Bertz CT molecular complexity index is 409. The van der Waals surface area contributed by atoms with Crippen LogP contribution < -0.4 is 4.74 Å². The summed E-state index contributed by atoms with van der Waals surface area (Å²) in [5.74, 6) is 0.726. The first-order chi connectivity index (χ1) is 8.27. The number of ketones is 1. The molecule has 0 aliphatic heterocycles. The van der Waals surface area contributed by atoms with Crippen LogP contribution in [0.4, 0.5) is 0 Å². The molecule has 90 valence electrons. The van der Waals surface area contributed by atoms with E-state index in [1.165, 1.54) is 6.08 Å². The highest BCUT2D eigenvalue weighted by Crippen LogP contribution is 2.11. The molecule has 1 rings (SSSR count). The summed E-state index contributed by atoms with van der Waals surface area (Å²) in [5, 5.41) is 0. The van der Waals surface area contributed by atoms with Crippen molar-refractivity contribution in [2.45, 2.75) is 26.2 Å². The smallest absolute Gasteiger partial charge is 0.193 e. The number of ether oxygens (including phenoxy) is 1. The maximum Gasteiger partial charge on any atom is 0.193 e. The maximum atomic E-state index is 11.7. The van der Waals surface area contributed by atoms with Crippen molar-refractivity contribution in [3.05, 3.63) is 47.7 Å². The van der Waals surface area contributed by atoms with Gasteiger partial charge in [0.15, 0.2) is 5.78 Å². The quantitative estimate of drug-likeness (QED) is 0.322. The highest BCUT2D eigenvalue weighted by Gasteiger charge is 2.00. The van der Waals surface area contributed by atoms with E-state index in [-0.39, 0.29) is 5.78 Å². The molecule has 0 radical (unpaired) electrons. The summed E-state index contributed by atoms with van der Waals surface area (Å²) < 4.78 is 5.03. The minimum absolute atomic E-state index is 0.0274. The van der Waals surface area contributed by atoms with Crippen molar-refractivity contribution in [3.63, 3.8) is 0 Å². The zero-order valence-corrected chi connectivity index (χ0v) is 10.4. The third-order valence-electron chi connectivity index (χ3n) is 2.41. The van der Waals surface area contributed by atoms with Gasteiger partial charge in [-0.2, -0.15) is 0 Å². The zero-order chi connectivity index (χ0) is 12.5. The lowest BCUT2D eigenvalue weighted by Gasteiger charge is -1.99. The first-order valence-electron chi connectivity index (χ1n) is 5.87. The Hall–Kier alpha value is -1.79. The topological polar surface area (TPSA) is 26.3 Å². The van der Waals surface area contributed by atoms with Crippen LogP contribution in [-0.4, -0.2) is 12.9 Å². The summed E-state index contributed by atoms with van der Waals surface area (Å²) in [6.45, 7) is 2.14. The summed E-state index contributed by atoms with van der Waals surface area (Å²) in [7, 11) is 1.60. The number of benzene rings is 1. The number of unbranched alkanes of at least 4 members (excludes halogenated alkanes) is 2. The van der Waals surface area contributed by atoms with E-state index >= 15 is 0 Å². The molecule has 0 saturated heterocycles. The van der Waals surface area contributed by atoms with Crippen molar-refractivity contribution in [1.82, 2.24) is 0 Å². The summed E-state index contributed by atoms with van der Waals surface area (Å²) >= 11 is 0. The van der Waals surface area contributed by atoms with Crippen LogP contribution in [0.2, 0.25) is 0 Å². The molecule has 0 atom stereocenters. The molecule has 0 amide bonds. The summed E-state index contributed by atoms with van der Waals surface area (Å²) in [5.41, 5.74) is 3.57. The molecule has 0 fully saturated rings. The fourth-order valence-corrected chi connectivity index (χ4v) is 1.36. The standard InChI is InChI=1S/C15H18O2/c1-3-4-5-6-7-8-15(16)13-9-11-14(17-2)12-10-13/h6,8-12H,3-5H2,1-2H3. The van der Waals surface area contributed by atoms with Gasteiger partial charge in [0.1, 0.15) is 5.75 Å². The molecule has 0 unspecified atom stereocenters. The number of carbonyl (C=O) groups excluding carboxylic acids is 1. The number of methoxy groups -OCH3 is 1. The van der Waals surface area contributed by atoms with E-state index in [0.717, 1.165) is 25.0 Å². The molecule has 0 aromatic heterocycles. The van der Waals surface area contributed by atoms with Crippen molar-refractivity contribution in [1.29, 1.82) is 0 Å². The number of rotatable bonds is 6. The van der Waals surface area contributed by atoms with Crippen LogP contribution in [0.1, 0.15) is 36.5 Å². The van der Waals surface area contributed by atoms with Gasteiger partial charge in [-0.25, -0.2) is 0 Å². The van der Waals surface area contributed by atoms with Gasteiger partial charge in [0.25, 0.3) is 0 Å². The fraction of sp³-hybridized carbons (Fsp3) is 0.333. The SMILES string of the molecule is CCCCC=C=CC(=O)c1ccc(OC)cc1. The van der Waals surface area contributed by atoms with Gasteiger partial charge >= 0.3 is 0 Å². The van der Waals surface area contributed by atoms with Crippen molar-refractivity contribution in [3.8, 4) is 5.75 Å². The summed E-state index contributed by atoms with van der Waals surface area (Å²) in [4.78, 5) is 11.7. The third kappa shape index (κ3) is 4.71. The Balaban J connectivity index is 2.60. The molecule has 0 aliphatic rings. The second-order valence-corrected chi connectivity index (χ2v) is 3.75. The Kier molecular flexibility index (Phi) is 5.84. The van der Waals surface area contributed by atoms with Gasteiger partial charge < -0.3 is 4.74 Å². The van der Waals surface area contributed by atoms with Crippen LogP contribution in [0.25, 0.3) is 0 Å². The lowest BCUT2D eigenvalue weighted by molar-refractivity contribution is 0.104. The zero-order valence-electron chi connectivity index (χ0n) is 10.4. The Morgan fingerprint density at radius 1 is 1.35 bits per heavy atom. The predicted octanol–water partition coefficient (Wildman–Crippen LogP) is 3.78. The van der Waals surface area contributed by atoms with Gasteiger partial charge in [-0.3, -0.25) is 4.79 Å². The Morgan fingerprint density at radius 2 is 2.06 bits per heavy atom. The van der Waals surface area contributed by atoms with E-state index in [2.05, 4.69) is 12.7 Å². The van der Waals surface area contributed by atoms with E-state index in [9.17, 15) is 4.79 Å². The molecule has 0 N–H and O–H groups in total. The number of carbonyl (C=O) groups is 1.